The molecule has 3 fully saturated rings. The predicted molar refractivity (Wildman–Crippen MR) is 180 cm³/mol. The molecule has 1 aromatic carbocycles. The number of aliphatic hydroxyl groups is 3. The number of hydrogen-bond donors (Lipinski definition) is 4. The number of aromatic hydroxyl groups is 1. The Kier molecular flexibility index (Phi) is 9.83. The number of esters is 1. The van der Waals surface area contributed by atoms with E-state index in [0.29, 0.717) is 23.1 Å². The molecule has 260 valence electrons. The van der Waals surface area contributed by atoms with Crippen LogP contribution in [0.25, 0.3) is 5.76 Å². The van der Waals surface area contributed by atoms with Crippen LogP contribution in [0.1, 0.15) is 75.3 Å². The van der Waals surface area contributed by atoms with Crippen molar-refractivity contribution in [2.75, 3.05) is 39.5 Å². The largest absolute Gasteiger partial charge is 0.508 e. The van der Waals surface area contributed by atoms with Gasteiger partial charge in [0, 0.05) is 47.8 Å². The van der Waals surface area contributed by atoms with E-state index >= 15 is 0 Å². The quantitative estimate of drug-likeness (QED) is 0.209. The van der Waals surface area contributed by atoms with Crippen molar-refractivity contribution in [2.45, 2.75) is 87.2 Å². The van der Waals surface area contributed by atoms with Crippen LogP contribution in [0.15, 0.2) is 35.1 Å². The Hall–Kier alpha value is -3.19. The van der Waals surface area contributed by atoms with Gasteiger partial charge in [-0.25, -0.2) is 0 Å². The summed E-state index contributed by atoms with van der Waals surface area (Å²) >= 11 is 1.72. The van der Waals surface area contributed by atoms with Crippen LogP contribution in [0, 0.1) is 11.8 Å². The third-order valence-electron chi connectivity index (χ3n) is 11.0. The van der Waals surface area contributed by atoms with Crippen LogP contribution in [0.2, 0.25) is 0 Å². The highest BCUT2D eigenvalue weighted by atomic mass is 32.2. The molecule has 48 heavy (non-hydrogen) atoms. The molecule has 4 aliphatic carbocycles. The molecule has 0 radical (unpaired) electrons. The van der Waals surface area contributed by atoms with E-state index in [2.05, 4.69) is 4.90 Å². The molecule has 0 bridgehead atoms. The number of benzene rings is 1. The Labute approximate surface area is 285 Å². The molecule has 5 aliphatic rings. The number of fused-ring (bicyclic) bond motifs is 3. The summed E-state index contributed by atoms with van der Waals surface area (Å²) in [5.74, 6) is -7.76. The number of rotatable bonds is 10. The molecule has 1 aliphatic heterocycles. The molecule has 1 heterocycles. The first-order chi connectivity index (χ1) is 22.9. The van der Waals surface area contributed by atoms with Crippen molar-refractivity contribution in [2.24, 2.45) is 11.8 Å². The van der Waals surface area contributed by atoms with E-state index in [0.717, 1.165) is 51.6 Å². The second kappa shape index (κ2) is 13.6. The second-order valence-corrected chi connectivity index (χ2v) is 15.4. The zero-order chi connectivity index (χ0) is 34.5. The number of ketones is 3. The Morgan fingerprint density at radius 2 is 1.75 bits per heavy atom. The van der Waals surface area contributed by atoms with E-state index in [9.17, 15) is 39.6 Å². The number of hydrogen-bond acceptors (Lipinski definition) is 12. The third kappa shape index (κ3) is 5.68. The minimum absolute atomic E-state index is 0.0400. The normalized spacial score (nSPS) is 30.9. The second-order valence-electron chi connectivity index (χ2n) is 14.0. The maximum Gasteiger partial charge on any atom is 0.305 e. The van der Waals surface area contributed by atoms with Gasteiger partial charge in [-0.2, -0.15) is 11.8 Å². The van der Waals surface area contributed by atoms with Crippen molar-refractivity contribution in [3.05, 3.63) is 46.2 Å². The summed E-state index contributed by atoms with van der Waals surface area (Å²) in [6.45, 7) is 3.57. The molecular weight excluding hydrogens is 636 g/mol. The minimum atomic E-state index is -2.88. The zero-order valence-electron chi connectivity index (χ0n) is 27.8. The number of phenols is 1. The lowest BCUT2D eigenvalue weighted by Crippen LogP contribution is -2.71. The zero-order valence-corrected chi connectivity index (χ0v) is 28.6. The van der Waals surface area contributed by atoms with Crippen molar-refractivity contribution in [1.82, 2.24) is 9.80 Å². The lowest BCUT2D eigenvalue weighted by atomic mass is 9.54. The molecule has 1 saturated heterocycles. The van der Waals surface area contributed by atoms with Crippen molar-refractivity contribution in [3.8, 4) is 5.75 Å². The maximum absolute atomic E-state index is 14.8. The first-order valence-corrected chi connectivity index (χ1v) is 18.2. The number of Topliss-reactive ketones (excluding diaryl/α,β-unsaturated/α-hetero) is 3. The fourth-order valence-electron chi connectivity index (χ4n) is 8.66. The van der Waals surface area contributed by atoms with Crippen LogP contribution in [0.5, 0.6) is 5.75 Å². The molecule has 2 saturated carbocycles. The fourth-order valence-corrected chi connectivity index (χ4v) is 10.2. The lowest BCUT2D eigenvalue weighted by Gasteiger charge is -2.55. The Morgan fingerprint density at radius 3 is 2.40 bits per heavy atom. The van der Waals surface area contributed by atoms with E-state index in [1.165, 1.54) is 11.0 Å². The van der Waals surface area contributed by atoms with Crippen molar-refractivity contribution in [3.63, 3.8) is 0 Å². The van der Waals surface area contributed by atoms with E-state index < -0.39 is 75.9 Å². The van der Waals surface area contributed by atoms with Gasteiger partial charge in [-0.05, 0) is 64.5 Å². The minimum Gasteiger partial charge on any atom is -0.508 e. The lowest BCUT2D eigenvalue weighted by molar-refractivity contribution is -0.185. The number of phenolic OH excluding ortho intramolecular Hbond substituents is 1. The summed E-state index contributed by atoms with van der Waals surface area (Å²) in [6.07, 6.45) is 4.76. The van der Waals surface area contributed by atoms with Gasteiger partial charge in [-0.3, -0.25) is 24.1 Å². The van der Waals surface area contributed by atoms with Gasteiger partial charge in [0.1, 0.15) is 28.9 Å². The molecule has 12 heteroatoms. The number of thioether (sulfide) groups is 1. The van der Waals surface area contributed by atoms with Crippen molar-refractivity contribution >= 4 is 40.8 Å². The van der Waals surface area contributed by atoms with Gasteiger partial charge in [0.05, 0.1) is 17.5 Å². The number of likely N-dealkylation sites (N-methyl/N-ethyl adjacent to an activating group) is 1. The molecule has 1 aromatic rings. The molecule has 0 amide bonds. The van der Waals surface area contributed by atoms with Crippen molar-refractivity contribution in [1.29, 1.82) is 0 Å². The Balaban J connectivity index is 1.54. The summed E-state index contributed by atoms with van der Waals surface area (Å²) in [7, 11) is 3.15. The van der Waals surface area contributed by atoms with Crippen LogP contribution in [0.4, 0.5) is 0 Å². The Bertz CT molecular complexity index is 1560. The summed E-state index contributed by atoms with van der Waals surface area (Å²) < 4.78 is 6.10. The molecule has 0 spiro atoms. The first-order valence-electron chi connectivity index (χ1n) is 17.1. The number of carbonyl (C=O) groups is 4. The van der Waals surface area contributed by atoms with Crippen LogP contribution >= 0.6 is 11.8 Å². The number of nitrogens with zero attached hydrogens (tertiary/aromatic N) is 2. The molecule has 0 unspecified atom stereocenters. The molecule has 11 nitrogen and oxygen atoms in total. The van der Waals surface area contributed by atoms with Crippen LogP contribution in [0.3, 0.4) is 0 Å². The predicted octanol–water partition coefficient (Wildman–Crippen LogP) is 3.68. The first kappa shape index (κ1) is 34.7. The van der Waals surface area contributed by atoms with Crippen LogP contribution in [-0.4, -0.2) is 116 Å². The number of ether oxygens (including phenoxy) is 1. The standard InChI is InChI=1S/C36H46N2O9S/c1-4-24(41)47-33-26-21(18-48-19-10-5-6-11-19)20-12-9-13-22(39)25(20)31(42)28(26)35(45)36(46)29(33)30(37(2)3)32(43)27(34(36)44)23(40)14-17-38-15-7-8-16-38/h9,12-13,19,21,26,29-30,33,39,42,44,46H,4-8,10-11,14-18H2,1-3H3/t21-,26-,29-,30-,33-,36-/m0/s1. The molecule has 6 rings (SSSR count). The van der Waals surface area contributed by atoms with Gasteiger partial charge >= 0.3 is 5.97 Å². The highest BCUT2D eigenvalue weighted by molar-refractivity contribution is 7.99. The van der Waals surface area contributed by atoms with Crippen molar-refractivity contribution < 1.29 is 44.3 Å². The summed E-state index contributed by atoms with van der Waals surface area (Å²) in [5.41, 5.74) is -3.23. The molecule has 6 atom stereocenters. The monoisotopic (exact) mass is 682 g/mol. The van der Waals surface area contributed by atoms with Gasteiger partial charge < -0.3 is 30.1 Å². The van der Waals surface area contributed by atoms with Crippen LogP contribution < -0.4 is 0 Å². The van der Waals surface area contributed by atoms with Gasteiger partial charge in [0.15, 0.2) is 17.2 Å². The highest BCUT2D eigenvalue weighted by Gasteiger charge is 2.69. The summed E-state index contributed by atoms with van der Waals surface area (Å²) in [4.78, 5) is 59.6. The Morgan fingerprint density at radius 1 is 1.06 bits per heavy atom. The highest BCUT2D eigenvalue weighted by Crippen LogP contribution is 2.58. The van der Waals surface area contributed by atoms with Gasteiger partial charge in [-0.15, -0.1) is 0 Å². The number of carbonyl (C=O) groups excluding carboxylic acids is 4. The van der Waals surface area contributed by atoms with E-state index in [4.69, 9.17) is 4.74 Å². The number of aliphatic hydroxyl groups excluding tert-OH is 2. The maximum atomic E-state index is 14.8. The average Bonchev–Trinajstić information content (AvgIpc) is 3.78. The van der Waals surface area contributed by atoms with Gasteiger partial charge in [-0.1, -0.05) is 31.9 Å². The van der Waals surface area contributed by atoms with E-state index in [1.54, 1.807) is 44.9 Å². The topological polar surface area (TPSA) is 165 Å². The molecular formula is C36H46N2O9S. The fraction of sp³-hybridized carbons (Fsp3) is 0.611. The number of likely N-dealkylation sites (tertiary alicyclic amines) is 1. The SMILES string of the molecule is CCC(=O)O[C@H]1[C@@H]2C(=C(O)c3c(O)cccc3[C@@H]2CSC2CCCC2)C(=O)[C@@]2(O)C(O)=C(C(=O)CCN3CCCC3)C(=O)[C@@H](N(C)C)[C@@H]12. The van der Waals surface area contributed by atoms with E-state index in [1.807, 2.05) is 0 Å². The summed E-state index contributed by atoms with van der Waals surface area (Å²) in [6, 6.07) is 3.48. The van der Waals surface area contributed by atoms with Gasteiger partial charge in [0.2, 0.25) is 5.78 Å². The van der Waals surface area contributed by atoms with Crippen LogP contribution in [-0.2, 0) is 23.9 Å². The molecule has 0 aromatic heterocycles. The van der Waals surface area contributed by atoms with Gasteiger partial charge in [0.25, 0.3) is 0 Å². The smallest absolute Gasteiger partial charge is 0.305 e. The molecule has 4 N–H and O–H groups in total. The summed E-state index contributed by atoms with van der Waals surface area (Å²) in [5, 5.41) is 47.6. The average molecular weight is 683 g/mol. The van der Waals surface area contributed by atoms with E-state index in [-0.39, 0.29) is 29.7 Å². The third-order valence-corrected chi connectivity index (χ3v) is 12.5.